The number of aliphatic hydroxyl groups is 1. The smallest absolute Gasteiger partial charge is 0.0825 e. The van der Waals surface area contributed by atoms with Crippen molar-refractivity contribution >= 4 is 5.71 Å². The molecule has 2 N–H and O–H groups in total. The van der Waals surface area contributed by atoms with Crippen molar-refractivity contribution in [2.75, 3.05) is 0 Å². The number of hydrogen-bond acceptors (Lipinski definition) is 3. The Morgan fingerprint density at radius 3 is 2.62 bits per heavy atom. The Balaban J connectivity index is 2.80. The lowest BCUT2D eigenvalue weighted by atomic mass is 9.79. The molecular weight excluding hydrogens is 166 g/mol. The standard InChI is InChI=1S/C10H17NO2/c1-7-4-5-8(10(2,3)12)6-9(7)11-13/h4,8,12-13H,5-6H2,1-3H3/b11-9+. The van der Waals surface area contributed by atoms with E-state index in [1.165, 1.54) is 0 Å². The Bertz CT molecular complexity index is 248. The Kier molecular flexibility index (Phi) is 2.76. The molecule has 0 aromatic rings. The van der Waals surface area contributed by atoms with E-state index in [9.17, 15) is 5.11 Å². The Hall–Kier alpha value is -0.830. The highest BCUT2D eigenvalue weighted by Crippen LogP contribution is 2.30. The van der Waals surface area contributed by atoms with E-state index in [1.807, 2.05) is 13.0 Å². The van der Waals surface area contributed by atoms with Crippen LogP contribution in [0.25, 0.3) is 0 Å². The van der Waals surface area contributed by atoms with Crippen LogP contribution in [-0.2, 0) is 0 Å². The zero-order valence-corrected chi connectivity index (χ0v) is 8.41. The van der Waals surface area contributed by atoms with Crippen LogP contribution in [0.4, 0.5) is 0 Å². The topological polar surface area (TPSA) is 52.8 Å². The number of rotatable bonds is 1. The molecule has 0 bridgehead atoms. The fourth-order valence-electron chi connectivity index (χ4n) is 1.57. The number of oxime groups is 1. The maximum absolute atomic E-state index is 9.78. The second-order valence-electron chi connectivity index (χ2n) is 4.22. The van der Waals surface area contributed by atoms with Crippen LogP contribution in [-0.4, -0.2) is 21.6 Å². The molecule has 1 aliphatic rings. The maximum atomic E-state index is 9.78. The monoisotopic (exact) mass is 183 g/mol. The summed E-state index contributed by atoms with van der Waals surface area (Å²) in [5, 5.41) is 21.7. The molecule has 0 heterocycles. The van der Waals surface area contributed by atoms with Gasteiger partial charge in [-0.05, 0) is 45.1 Å². The van der Waals surface area contributed by atoms with E-state index in [-0.39, 0.29) is 5.92 Å². The summed E-state index contributed by atoms with van der Waals surface area (Å²) in [6.45, 7) is 5.51. The maximum Gasteiger partial charge on any atom is 0.0825 e. The van der Waals surface area contributed by atoms with Gasteiger partial charge in [0.25, 0.3) is 0 Å². The van der Waals surface area contributed by atoms with Gasteiger partial charge in [-0.2, -0.15) is 0 Å². The third-order valence-electron chi connectivity index (χ3n) is 2.72. The van der Waals surface area contributed by atoms with Gasteiger partial charge < -0.3 is 10.3 Å². The molecule has 0 saturated heterocycles. The first-order valence-corrected chi connectivity index (χ1v) is 4.55. The van der Waals surface area contributed by atoms with Gasteiger partial charge >= 0.3 is 0 Å². The predicted molar refractivity (Wildman–Crippen MR) is 52.0 cm³/mol. The molecule has 0 aliphatic heterocycles. The van der Waals surface area contributed by atoms with Crippen molar-refractivity contribution in [1.82, 2.24) is 0 Å². The second-order valence-corrected chi connectivity index (χ2v) is 4.22. The molecule has 0 fully saturated rings. The lowest BCUT2D eigenvalue weighted by Crippen LogP contribution is -2.34. The van der Waals surface area contributed by atoms with Gasteiger partial charge in [-0.3, -0.25) is 0 Å². The molecule has 1 aliphatic carbocycles. The van der Waals surface area contributed by atoms with Crippen molar-refractivity contribution < 1.29 is 10.3 Å². The van der Waals surface area contributed by atoms with E-state index in [0.29, 0.717) is 12.1 Å². The quantitative estimate of drug-likeness (QED) is 0.482. The lowest BCUT2D eigenvalue weighted by molar-refractivity contribution is 0.0201. The highest BCUT2D eigenvalue weighted by molar-refractivity contribution is 6.00. The Morgan fingerprint density at radius 2 is 2.15 bits per heavy atom. The summed E-state index contributed by atoms with van der Waals surface area (Å²) in [4.78, 5) is 0. The van der Waals surface area contributed by atoms with Crippen LogP contribution in [0, 0.1) is 5.92 Å². The third kappa shape index (κ3) is 2.31. The number of nitrogens with zero attached hydrogens (tertiary/aromatic N) is 1. The van der Waals surface area contributed by atoms with Gasteiger partial charge in [-0.15, -0.1) is 0 Å². The Labute approximate surface area is 78.8 Å². The summed E-state index contributed by atoms with van der Waals surface area (Å²) >= 11 is 0. The highest BCUT2D eigenvalue weighted by Gasteiger charge is 2.30. The van der Waals surface area contributed by atoms with E-state index >= 15 is 0 Å². The van der Waals surface area contributed by atoms with Gasteiger partial charge in [0.15, 0.2) is 0 Å². The van der Waals surface area contributed by atoms with E-state index in [0.717, 1.165) is 12.0 Å². The van der Waals surface area contributed by atoms with Crippen molar-refractivity contribution in [3.8, 4) is 0 Å². The largest absolute Gasteiger partial charge is 0.411 e. The summed E-state index contributed by atoms with van der Waals surface area (Å²) in [7, 11) is 0. The summed E-state index contributed by atoms with van der Waals surface area (Å²) < 4.78 is 0. The van der Waals surface area contributed by atoms with Gasteiger partial charge in [0.1, 0.15) is 0 Å². The molecule has 0 aromatic heterocycles. The van der Waals surface area contributed by atoms with Crippen LogP contribution in [0.15, 0.2) is 16.8 Å². The minimum absolute atomic E-state index is 0.155. The average molecular weight is 183 g/mol. The fraction of sp³-hybridized carbons (Fsp3) is 0.700. The molecule has 0 radical (unpaired) electrons. The van der Waals surface area contributed by atoms with Crippen LogP contribution >= 0.6 is 0 Å². The van der Waals surface area contributed by atoms with Gasteiger partial charge in [0.2, 0.25) is 0 Å². The Morgan fingerprint density at radius 1 is 1.54 bits per heavy atom. The SMILES string of the molecule is CC1=CCC(C(C)(C)O)C/C1=N\O. The molecule has 1 unspecified atom stereocenters. The molecular formula is C10H17NO2. The molecule has 1 atom stereocenters. The molecule has 1 rings (SSSR count). The first kappa shape index (κ1) is 10.3. The minimum atomic E-state index is -0.701. The summed E-state index contributed by atoms with van der Waals surface area (Å²) in [5.74, 6) is 0.155. The van der Waals surface area contributed by atoms with Crippen molar-refractivity contribution in [3.05, 3.63) is 11.6 Å². The van der Waals surface area contributed by atoms with Gasteiger partial charge in [0.05, 0.1) is 11.3 Å². The molecule has 0 aromatic carbocycles. The molecule has 3 heteroatoms. The van der Waals surface area contributed by atoms with Crippen LogP contribution in [0.1, 0.15) is 33.6 Å². The van der Waals surface area contributed by atoms with Gasteiger partial charge in [-0.25, -0.2) is 0 Å². The zero-order chi connectivity index (χ0) is 10.1. The van der Waals surface area contributed by atoms with Gasteiger partial charge in [-0.1, -0.05) is 11.2 Å². The van der Waals surface area contributed by atoms with Crippen molar-refractivity contribution in [3.63, 3.8) is 0 Å². The number of hydrogen-bond donors (Lipinski definition) is 2. The molecule has 74 valence electrons. The fourth-order valence-corrected chi connectivity index (χ4v) is 1.57. The van der Waals surface area contributed by atoms with E-state index in [4.69, 9.17) is 5.21 Å². The molecule has 0 amide bonds. The highest BCUT2D eigenvalue weighted by atomic mass is 16.4. The van der Waals surface area contributed by atoms with E-state index in [2.05, 4.69) is 5.16 Å². The van der Waals surface area contributed by atoms with Crippen LogP contribution < -0.4 is 0 Å². The van der Waals surface area contributed by atoms with Crippen molar-refractivity contribution in [1.29, 1.82) is 0 Å². The number of allylic oxidation sites excluding steroid dienone is 2. The molecule has 3 nitrogen and oxygen atoms in total. The zero-order valence-electron chi connectivity index (χ0n) is 8.41. The van der Waals surface area contributed by atoms with Gasteiger partial charge in [0, 0.05) is 0 Å². The van der Waals surface area contributed by atoms with Crippen LogP contribution in [0.2, 0.25) is 0 Å². The summed E-state index contributed by atoms with van der Waals surface area (Å²) in [6.07, 6.45) is 3.53. The molecule has 0 saturated carbocycles. The molecule has 0 spiro atoms. The first-order valence-electron chi connectivity index (χ1n) is 4.55. The van der Waals surface area contributed by atoms with E-state index in [1.54, 1.807) is 13.8 Å². The summed E-state index contributed by atoms with van der Waals surface area (Å²) in [5.41, 5.74) is 1.01. The lowest BCUT2D eigenvalue weighted by Gasteiger charge is -2.31. The van der Waals surface area contributed by atoms with E-state index < -0.39 is 5.60 Å². The normalized spacial score (nSPS) is 27.5. The predicted octanol–water partition coefficient (Wildman–Crippen LogP) is 1.94. The molecule has 13 heavy (non-hydrogen) atoms. The second kappa shape index (κ2) is 3.50. The van der Waals surface area contributed by atoms with Crippen LogP contribution in [0.3, 0.4) is 0 Å². The third-order valence-corrected chi connectivity index (χ3v) is 2.72. The van der Waals surface area contributed by atoms with Crippen molar-refractivity contribution in [2.24, 2.45) is 11.1 Å². The first-order chi connectivity index (χ1) is 5.95. The van der Waals surface area contributed by atoms with Crippen LogP contribution in [0.5, 0.6) is 0 Å². The van der Waals surface area contributed by atoms with Crippen molar-refractivity contribution in [2.45, 2.75) is 39.2 Å². The summed E-state index contributed by atoms with van der Waals surface area (Å²) in [6, 6.07) is 0. The average Bonchev–Trinajstić information content (AvgIpc) is 2.03. The minimum Gasteiger partial charge on any atom is -0.411 e.